The molecule has 0 fully saturated rings. The van der Waals surface area contributed by atoms with Gasteiger partial charge in [-0.2, -0.15) is 0 Å². The van der Waals surface area contributed by atoms with Gasteiger partial charge in [-0.15, -0.1) is 0 Å². The van der Waals surface area contributed by atoms with Crippen molar-refractivity contribution in [3.8, 4) is 0 Å². The number of carbonyl (C=O) groups excluding carboxylic acids is 1. The predicted octanol–water partition coefficient (Wildman–Crippen LogP) is 1.88. The highest BCUT2D eigenvalue weighted by atomic mass is 32.2. The Labute approximate surface area is 123 Å². The van der Waals surface area contributed by atoms with E-state index >= 15 is 0 Å². The lowest BCUT2D eigenvalue weighted by atomic mass is 10.1. The van der Waals surface area contributed by atoms with E-state index in [0.717, 1.165) is 11.8 Å². The van der Waals surface area contributed by atoms with E-state index < -0.39 is 9.84 Å². The Kier molecular flexibility index (Phi) is 4.13. The minimum atomic E-state index is -3.23. The van der Waals surface area contributed by atoms with Crippen LogP contribution < -0.4 is 5.32 Å². The maximum Gasteiger partial charge on any atom is 0.228 e. The first-order valence-corrected chi connectivity index (χ1v) is 8.18. The molecule has 2 aromatic rings. The molecule has 21 heavy (non-hydrogen) atoms. The molecule has 0 aliphatic carbocycles. The minimum absolute atomic E-state index is 0.162. The number of nitrogens with one attached hydrogen (secondary N) is 1. The van der Waals surface area contributed by atoms with Crippen LogP contribution in [0.2, 0.25) is 0 Å². The Morgan fingerprint density at radius 1 is 1.24 bits per heavy atom. The van der Waals surface area contributed by atoms with Gasteiger partial charge in [0.25, 0.3) is 0 Å². The largest absolute Gasteiger partial charge is 0.361 e. The van der Waals surface area contributed by atoms with E-state index in [1.54, 1.807) is 26.0 Å². The van der Waals surface area contributed by atoms with Crippen molar-refractivity contribution in [2.75, 3.05) is 11.6 Å². The second-order valence-corrected chi connectivity index (χ2v) is 6.84. The van der Waals surface area contributed by atoms with Crippen LogP contribution in [0.5, 0.6) is 0 Å². The van der Waals surface area contributed by atoms with Crippen molar-refractivity contribution in [2.24, 2.45) is 0 Å². The van der Waals surface area contributed by atoms with Crippen LogP contribution in [0.15, 0.2) is 33.7 Å². The third kappa shape index (κ3) is 3.69. The van der Waals surface area contributed by atoms with Crippen molar-refractivity contribution in [3.63, 3.8) is 0 Å². The minimum Gasteiger partial charge on any atom is -0.361 e. The number of benzene rings is 1. The summed E-state index contributed by atoms with van der Waals surface area (Å²) in [6, 6.07) is 6.03. The Bertz CT molecular complexity index is 741. The first-order valence-electron chi connectivity index (χ1n) is 6.29. The molecule has 7 heteroatoms. The quantitative estimate of drug-likeness (QED) is 0.931. The summed E-state index contributed by atoms with van der Waals surface area (Å²) in [6.45, 7) is 3.53. The molecule has 6 nitrogen and oxygen atoms in total. The maximum absolute atomic E-state index is 12.0. The van der Waals surface area contributed by atoms with Gasteiger partial charge in [0, 0.05) is 17.5 Å². The summed E-state index contributed by atoms with van der Waals surface area (Å²) in [6.07, 6.45) is 1.30. The fourth-order valence-corrected chi connectivity index (χ4v) is 2.54. The first-order chi connectivity index (χ1) is 9.77. The molecule has 0 radical (unpaired) electrons. The smallest absolute Gasteiger partial charge is 0.228 e. The van der Waals surface area contributed by atoms with E-state index in [0.29, 0.717) is 17.1 Å². The van der Waals surface area contributed by atoms with Crippen LogP contribution in [0.4, 0.5) is 5.69 Å². The number of sulfone groups is 1. The number of carbonyl (C=O) groups is 1. The highest BCUT2D eigenvalue weighted by Crippen LogP contribution is 2.16. The predicted molar refractivity (Wildman–Crippen MR) is 77.9 cm³/mol. The molecule has 1 aromatic heterocycles. The van der Waals surface area contributed by atoms with Gasteiger partial charge in [-0.1, -0.05) is 5.16 Å². The van der Waals surface area contributed by atoms with Crippen molar-refractivity contribution < 1.29 is 17.7 Å². The number of amides is 1. The van der Waals surface area contributed by atoms with E-state index in [4.69, 9.17) is 4.52 Å². The van der Waals surface area contributed by atoms with E-state index in [-0.39, 0.29) is 17.2 Å². The molecule has 1 N–H and O–H groups in total. The molecule has 0 aliphatic heterocycles. The van der Waals surface area contributed by atoms with Gasteiger partial charge in [-0.25, -0.2) is 8.42 Å². The third-order valence-electron chi connectivity index (χ3n) is 3.08. The van der Waals surface area contributed by atoms with Gasteiger partial charge in [-0.3, -0.25) is 4.79 Å². The van der Waals surface area contributed by atoms with Crippen LogP contribution >= 0.6 is 0 Å². The van der Waals surface area contributed by atoms with Crippen LogP contribution in [-0.2, 0) is 21.1 Å². The number of hydrogen-bond donors (Lipinski definition) is 1. The molecule has 0 spiro atoms. The lowest BCUT2D eigenvalue weighted by Crippen LogP contribution is -2.15. The average molecular weight is 308 g/mol. The SMILES string of the molecule is Cc1noc(C)c1CC(=O)Nc1ccc(S(C)(=O)=O)cc1. The first kappa shape index (κ1) is 15.2. The Hall–Kier alpha value is -2.15. The molecule has 1 heterocycles. The lowest BCUT2D eigenvalue weighted by molar-refractivity contribution is -0.115. The summed E-state index contributed by atoms with van der Waals surface area (Å²) in [5, 5.41) is 6.50. The zero-order chi connectivity index (χ0) is 15.6. The molecule has 0 atom stereocenters. The van der Waals surface area contributed by atoms with Gasteiger partial charge in [0.2, 0.25) is 5.91 Å². The van der Waals surface area contributed by atoms with E-state index in [9.17, 15) is 13.2 Å². The van der Waals surface area contributed by atoms with E-state index in [1.165, 1.54) is 12.1 Å². The number of hydrogen-bond acceptors (Lipinski definition) is 5. The highest BCUT2D eigenvalue weighted by Gasteiger charge is 2.14. The molecule has 112 valence electrons. The zero-order valence-electron chi connectivity index (χ0n) is 12.0. The molecule has 0 saturated heterocycles. The fraction of sp³-hybridized carbons (Fsp3) is 0.286. The van der Waals surface area contributed by atoms with Gasteiger partial charge in [0.05, 0.1) is 17.0 Å². The van der Waals surface area contributed by atoms with Gasteiger partial charge in [0.1, 0.15) is 5.76 Å². The van der Waals surface area contributed by atoms with Crippen molar-refractivity contribution in [1.29, 1.82) is 0 Å². The van der Waals surface area contributed by atoms with Crippen LogP contribution in [0.25, 0.3) is 0 Å². The van der Waals surface area contributed by atoms with Gasteiger partial charge in [-0.05, 0) is 38.1 Å². The molecule has 1 amide bonds. The van der Waals surface area contributed by atoms with Crippen LogP contribution in [0.1, 0.15) is 17.0 Å². The molecular formula is C14H16N2O4S. The summed E-state index contributed by atoms with van der Waals surface area (Å²) < 4.78 is 27.7. The summed E-state index contributed by atoms with van der Waals surface area (Å²) >= 11 is 0. The van der Waals surface area contributed by atoms with E-state index in [2.05, 4.69) is 10.5 Å². The van der Waals surface area contributed by atoms with Crippen LogP contribution in [0, 0.1) is 13.8 Å². The summed E-state index contributed by atoms with van der Waals surface area (Å²) in [7, 11) is -3.23. The number of aromatic nitrogens is 1. The number of nitrogens with zero attached hydrogens (tertiary/aromatic N) is 1. The summed E-state index contributed by atoms with van der Waals surface area (Å²) in [4.78, 5) is 12.2. The molecule has 0 bridgehead atoms. The molecule has 0 unspecified atom stereocenters. The second kappa shape index (κ2) is 5.69. The lowest BCUT2D eigenvalue weighted by Gasteiger charge is -2.06. The standard InChI is InChI=1S/C14H16N2O4S/c1-9-13(10(2)20-16-9)8-14(17)15-11-4-6-12(7-5-11)21(3,18)19/h4-7H,8H2,1-3H3,(H,15,17). The van der Waals surface area contributed by atoms with E-state index in [1.807, 2.05) is 0 Å². The topological polar surface area (TPSA) is 89.3 Å². The second-order valence-electron chi connectivity index (χ2n) is 4.82. The molecule has 0 aliphatic rings. The van der Waals surface area contributed by atoms with Crippen molar-refractivity contribution in [1.82, 2.24) is 5.16 Å². The Morgan fingerprint density at radius 2 is 1.86 bits per heavy atom. The average Bonchev–Trinajstić information content (AvgIpc) is 2.70. The molecule has 2 rings (SSSR count). The molecular weight excluding hydrogens is 292 g/mol. The van der Waals surface area contributed by atoms with Gasteiger partial charge >= 0.3 is 0 Å². The Balaban J connectivity index is 2.07. The monoisotopic (exact) mass is 308 g/mol. The number of aryl methyl sites for hydroxylation is 2. The number of rotatable bonds is 4. The summed E-state index contributed by atoms with van der Waals surface area (Å²) in [5.41, 5.74) is 1.99. The fourth-order valence-electron chi connectivity index (χ4n) is 1.91. The van der Waals surface area contributed by atoms with Crippen LogP contribution in [-0.4, -0.2) is 25.7 Å². The van der Waals surface area contributed by atoms with Crippen molar-refractivity contribution in [2.45, 2.75) is 25.2 Å². The molecule has 1 aromatic carbocycles. The summed E-state index contributed by atoms with van der Waals surface area (Å²) in [5.74, 6) is 0.409. The molecule has 0 saturated carbocycles. The Morgan fingerprint density at radius 3 is 2.33 bits per heavy atom. The number of anilines is 1. The van der Waals surface area contributed by atoms with Crippen molar-refractivity contribution in [3.05, 3.63) is 41.3 Å². The van der Waals surface area contributed by atoms with Crippen molar-refractivity contribution >= 4 is 21.4 Å². The normalized spacial score (nSPS) is 11.4. The third-order valence-corrected chi connectivity index (χ3v) is 4.21. The van der Waals surface area contributed by atoms with Crippen LogP contribution in [0.3, 0.4) is 0 Å². The highest BCUT2D eigenvalue weighted by molar-refractivity contribution is 7.90. The zero-order valence-corrected chi connectivity index (χ0v) is 12.8. The van der Waals surface area contributed by atoms with Gasteiger partial charge < -0.3 is 9.84 Å². The van der Waals surface area contributed by atoms with Gasteiger partial charge in [0.15, 0.2) is 9.84 Å². The maximum atomic E-state index is 12.0.